The molecule has 2 N–H and O–H groups in total. The zero-order chi connectivity index (χ0) is 13.0. The summed E-state index contributed by atoms with van der Waals surface area (Å²) in [7, 11) is 0. The van der Waals surface area contributed by atoms with E-state index in [1.165, 1.54) is 12.4 Å². The van der Waals surface area contributed by atoms with Crippen LogP contribution in [0.25, 0.3) is 0 Å². The van der Waals surface area contributed by atoms with Crippen LogP contribution < -0.4 is 5.32 Å². The van der Waals surface area contributed by atoms with Crippen LogP contribution in [0.4, 0.5) is 5.69 Å². The molecule has 0 aliphatic rings. The van der Waals surface area contributed by atoms with Crippen molar-refractivity contribution in [2.75, 3.05) is 5.32 Å². The first-order chi connectivity index (χ1) is 8.66. The number of carbonyl (C=O) groups is 1. The van der Waals surface area contributed by atoms with E-state index in [1.807, 2.05) is 0 Å². The molecule has 18 heavy (non-hydrogen) atoms. The highest BCUT2D eigenvalue weighted by Crippen LogP contribution is 2.16. The number of aliphatic hydroxyl groups is 1. The van der Waals surface area contributed by atoms with Gasteiger partial charge < -0.3 is 10.4 Å². The highest BCUT2D eigenvalue weighted by Gasteiger charge is 2.06. The Kier molecular flexibility index (Phi) is 3.64. The van der Waals surface area contributed by atoms with Crippen LogP contribution in [0.15, 0.2) is 42.7 Å². The summed E-state index contributed by atoms with van der Waals surface area (Å²) in [6.45, 7) is 1.69. The second-order valence-corrected chi connectivity index (χ2v) is 3.88. The highest BCUT2D eigenvalue weighted by atomic mass is 16.3. The maximum Gasteiger partial charge on any atom is 0.257 e. The van der Waals surface area contributed by atoms with Gasteiger partial charge in [0.05, 0.1) is 24.1 Å². The number of aromatic nitrogens is 2. The second-order valence-electron chi connectivity index (χ2n) is 3.88. The molecule has 0 aliphatic heterocycles. The molecule has 1 heterocycles. The lowest BCUT2D eigenvalue weighted by molar-refractivity contribution is 0.102. The molecule has 2 aromatic rings. The average molecular weight is 243 g/mol. The fourth-order valence-corrected chi connectivity index (χ4v) is 1.47. The van der Waals surface area contributed by atoms with Crippen molar-refractivity contribution < 1.29 is 9.90 Å². The summed E-state index contributed by atoms with van der Waals surface area (Å²) >= 11 is 0. The zero-order valence-electron chi connectivity index (χ0n) is 9.87. The van der Waals surface area contributed by atoms with Gasteiger partial charge in [-0.2, -0.15) is 10.2 Å². The van der Waals surface area contributed by atoms with E-state index in [-0.39, 0.29) is 5.91 Å². The van der Waals surface area contributed by atoms with Gasteiger partial charge in [0, 0.05) is 5.69 Å². The average Bonchev–Trinajstić information content (AvgIpc) is 2.40. The standard InChI is InChI=1S/C13H13N3O2/c1-9(17)10-2-4-12(5-3-10)16-13(18)11-6-7-14-15-8-11/h2-9,17H,1H3,(H,16,18). The van der Waals surface area contributed by atoms with Gasteiger partial charge in [0.25, 0.3) is 5.91 Å². The number of nitrogens with zero attached hydrogens (tertiary/aromatic N) is 2. The highest BCUT2D eigenvalue weighted by molar-refractivity contribution is 6.03. The Hall–Kier alpha value is -2.27. The van der Waals surface area contributed by atoms with E-state index < -0.39 is 6.10 Å². The molecule has 5 nitrogen and oxygen atoms in total. The van der Waals surface area contributed by atoms with Crippen LogP contribution in [-0.2, 0) is 0 Å². The Bertz CT molecular complexity index is 524. The van der Waals surface area contributed by atoms with Gasteiger partial charge in [-0.15, -0.1) is 0 Å². The first-order valence-electron chi connectivity index (χ1n) is 5.53. The molecular weight excluding hydrogens is 230 g/mol. The van der Waals surface area contributed by atoms with E-state index in [9.17, 15) is 9.90 Å². The summed E-state index contributed by atoms with van der Waals surface area (Å²) in [5.41, 5.74) is 1.92. The van der Waals surface area contributed by atoms with Gasteiger partial charge in [0.15, 0.2) is 0 Å². The number of anilines is 1. The summed E-state index contributed by atoms with van der Waals surface area (Å²) < 4.78 is 0. The van der Waals surface area contributed by atoms with Gasteiger partial charge in [-0.3, -0.25) is 4.79 Å². The minimum absolute atomic E-state index is 0.241. The largest absolute Gasteiger partial charge is 0.389 e. The third kappa shape index (κ3) is 2.89. The number of benzene rings is 1. The number of hydrogen-bond acceptors (Lipinski definition) is 4. The molecule has 1 aromatic carbocycles. The number of amides is 1. The van der Waals surface area contributed by atoms with E-state index in [2.05, 4.69) is 15.5 Å². The smallest absolute Gasteiger partial charge is 0.257 e. The minimum atomic E-state index is -0.515. The van der Waals surface area contributed by atoms with E-state index >= 15 is 0 Å². The molecule has 0 radical (unpaired) electrons. The van der Waals surface area contributed by atoms with Crippen molar-refractivity contribution in [1.82, 2.24) is 10.2 Å². The van der Waals surface area contributed by atoms with E-state index in [4.69, 9.17) is 0 Å². The predicted octanol–water partition coefficient (Wildman–Crippen LogP) is 1.78. The Morgan fingerprint density at radius 1 is 1.22 bits per heavy atom. The Morgan fingerprint density at radius 2 is 1.94 bits per heavy atom. The molecule has 0 saturated heterocycles. The number of nitrogens with one attached hydrogen (secondary N) is 1. The van der Waals surface area contributed by atoms with Gasteiger partial charge in [-0.1, -0.05) is 12.1 Å². The van der Waals surface area contributed by atoms with Gasteiger partial charge in [0.1, 0.15) is 0 Å². The fourth-order valence-electron chi connectivity index (χ4n) is 1.47. The van der Waals surface area contributed by atoms with Gasteiger partial charge in [0.2, 0.25) is 0 Å². The van der Waals surface area contributed by atoms with Gasteiger partial charge in [-0.25, -0.2) is 0 Å². The normalized spacial score (nSPS) is 11.9. The van der Waals surface area contributed by atoms with Crippen molar-refractivity contribution in [3.05, 3.63) is 53.9 Å². The molecular formula is C13H13N3O2. The van der Waals surface area contributed by atoms with E-state index in [1.54, 1.807) is 37.3 Å². The molecule has 1 aromatic heterocycles. The van der Waals surface area contributed by atoms with Crippen LogP contribution in [-0.4, -0.2) is 21.2 Å². The fraction of sp³-hybridized carbons (Fsp3) is 0.154. The number of aliphatic hydroxyl groups excluding tert-OH is 1. The molecule has 1 unspecified atom stereocenters. The number of rotatable bonds is 3. The third-order valence-electron chi connectivity index (χ3n) is 2.50. The lowest BCUT2D eigenvalue weighted by Crippen LogP contribution is -2.12. The monoisotopic (exact) mass is 243 g/mol. The molecule has 0 fully saturated rings. The van der Waals surface area contributed by atoms with Crippen molar-refractivity contribution in [1.29, 1.82) is 0 Å². The number of carbonyl (C=O) groups excluding carboxylic acids is 1. The van der Waals surface area contributed by atoms with Gasteiger partial charge >= 0.3 is 0 Å². The number of hydrogen-bond donors (Lipinski definition) is 2. The third-order valence-corrected chi connectivity index (χ3v) is 2.50. The van der Waals surface area contributed by atoms with Crippen LogP contribution in [0.5, 0.6) is 0 Å². The lowest BCUT2D eigenvalue weighted by atomic mass is 10.1. The van der Waals surface area contributed by atoms with E-state index in [0.717, 1.165) is 5.56 Å². The van der Waals surface area contributed by atoms with Crippen molar-refractivity contribution >= 4 is 11.6 Å². The summed E-state index contributed by atoms with van der Waals surface area (Å²) in [5, 5.41) is 19.4. The summed E-state index contributed by atoms with van der Waals surface area (Å²) in [5.74, 6) is -0.241. The Morgan fingerprint density at radius 3 is 2.50 bits per heavy atom. The van der Waals surface area contributed by atoms with Crippen LogP contribution in [0.2, 0.25) is 0 Å². The molecule has 0 aliphatic carbocycles. The predicted molar refractivity (Wildman–Crippen MR) is 67.1 cm³/mol. The summed E-state index contributed by atoms with van der Waals surface area (Å²) in [6, 6.07) is 8.62. The van der Waals surface area contributed by atoms with Crippen molar-refractivity contribution in [2.24, 2.45) is 0 Å². The maximum atomic E-state index is 11.8. The van der Waals surface area contributed by atoms with Crippen LogP contribution in [0, 0.1) is 0 Å². The molecule has 92 valence electrons. The van der Waals surface area contributed by atoms with Crippen LogP contribution in [0.1, 0.15) is 28.9 Å². The lowest BCUT2D eigenvalue weighted by Gasteiger charge is -2.07. The first-order valence-corrected chi connectivity index (χ1v) is 5.53. The van der Waals surface area contributed by atoms with Crippen molar-refractivity contribution in [2.45, 2.75) is 13.0 Å². The molecule has 0 bridgehead atoms. The molecule has 2 rings (SSSR count). The van der Waals surface area contributed by atoms with Gasteiger partial charge in [-0.05, 0) is 30.7 Å². The second kappa shape index (κ2) is 5.37. The van der Waals surface area contributed by atoms with Crippen LogP contribution in [0.3, 0.4) is 0 Å². The van der Waals surface area contributed by atoms with E-state index in [0.29, 0.717) is 11.3 Å². The summed E-state index contributed by atoms with van der Waals surface area (Å²) in [4.78, 5) is 11.8. The SMILES string of the molecule is CC(O)c1ccc(NC(=O)c2ccnnc2)cc1. The molecule has 0 saturated carbocycles. The Balaban J connectivity index is 2.08. The minimum Gasteiger partial charge on any atom is -0.389 e. The molecule has 0 spiro atoms. The zero-order valence-corrected chi connectivity index (χ0v) is 9.87. The molecule has 1 atom stereocenters. The maximum absolute atomic E-state index is 11.8. The van der Waals surface area contributed by atoms with Crippen molar-refractivity contribution in [3.8, 4) is 0 Å². The van der Waals surface area contributed by atoms with Crippen LogP contribution >= 0.6 is 0 Å². The Labute approximate surface area is 104 Å². The molecule has 5 heteroatoms. The summed E-state index contributed by atoms with van der Waals surface area (Å²) in [6.07, 6.45) is 2.35. The van der Waals surface area contributed by atoms with Crippen molar-refractivity contribution in [3.63, 3.8) is 0 Å². The topological polar surface area (TPSA) is 75.1 Å². The quantitative estimate of drug-likeness (QED) is 0.861. The molecule has 1 amide bonds. The first kappa shape index (κ1) is 12.2.